The van der Waals surface area contributed by atoms with Crippen LogP contribution < -0.4 is 10.6 Å². The molecule has 0 bridgehead atoms. The van der Waals surface area contributed by atoms with Crippen molar-refractivity contribution in [3.63, 3.8) is 0 Å². The van der Waals surface area contributed by atoms with Gasteiger partial charge in [-0.2, -0.15) is 11.8 Å². The molecule has 8 heteroatoms. The predicted octanol–water partition coefficient (Wildman–Crippen LogP) is 2.76. The molecule has 1 heterocycles. The third-order valence-electron chi connectivity index (χ3n) is 2.79. The molecule has 1 aromatic rings. The first-order valence-corrected chi connectivity index (χ1v) is 7.88. The monoisotopic (exact) mass is 299 g/mol. The predicted molar refractivity (Wildman–Crippen MR) is 83.6 cm³/mol. The number of nitrogens with one attached hydrogen (secondary N) is 2. The molecule has 0 aliphatic carbocycles. The number of anilines is 2. The quantitative estimate of drug-likeness (QED) is 0.535. The molecule has 0 aliphatic rings. The van der Waals surface area contributed by atoms with Gasteiger partial charge in [-0.25, -0.2) is 9.97 Å². The maximum absolute atomic E-state index is 11.2. The van der Waals surface area contributed by atoms with E-state index in [1.807, 2.05) is 13.2 Å². The minimum atomic E-state index is -0.446. The van der Waals surface area contributed by atoms with E-state index >= 15 is 0 Å². The first kappa shape index (κ1) is 16.5. The van der Waals surface area contributed by atoms with E-state index in [4.69, 9.17) is 0 Å². The summed E-state index contributed by atoms with van der Waals surface area (Å²) in [7, 11) is 0. The lowest BCUT2D eigenvalue weighted by atomic mass is 10.3. The highest BCUT2D eigenvalue weighted by Gasteiger charge is 2.22. The van der Waals surface area contributed by atoms with Gasteiger partial charge < -0.3 is 10.6 Å². The van der Waals surface area contributed by atoms with Gasteiger partial charge in [-0.05, 0) is 19.1 Å². The minimum absolute atomic E-state index is 0.0854. The molecule has 2 N–H and O–H groups in total. The second-order valence-electron chi connectivity index (χ2n) is 4.37. The Hall–Kier alpha value is -1.57. The van der Waals surface area contributed by atoms with Gasteiger partial charge in [0.2, 0.25) is 11.6 Å². The second kappa shape index (κ2) is 8.57. The highest BCUT2D eigenvalue weighted by atomic mass is 32.2. The van der Waals surface area contributed by atoms with Crippen LogP contribution in [0.5, 0.6) is 0 Å². The number of hydrogen-bond donors (Lipinski definition) is 2. The Morgan fingerprint density at radius 1 is 1.35 bits per heavy atom. The lowest BCUT2D eigenvalue weighted by Crippen LogP contribution is -2.13. The Kier molecular flexibility index (Phi) is 7.06. The van der Waals surface area contributed by atoms with Crippen molar-refractivity contribution in [1.82, 2.24) is 9.97 Å². The van der Waals surface area contributed by atoms with Crippen molar-refractivity contribution in [2.24, 2.45) is 0 Å². The number of hydrogen-bond acceptors (Lipinski definition) is 7. The molecule has 20 heavy (non-hydrogen) atoms. The Morgan fingerprint density at radius 3 is 2.45 bits per heavy atom. The normalized spacial score (nSPS) is 11.9. The van der Waals surface area contributed by atoms with E-state index in [-0.39, 0.29) is 17.3 Å². The van der Waals surface area contributed by atoms with Gasteiger partial charge in [0, 0.05) is 18.3 Å². The Bertz CT molecular complexity index is 444. The van der Waals surface area contributed by atoms with Crippen LogP contribution in [0.25, 0.3) is 0 Å². The summed E-state index contributed by atoms with van der Waals surface area (Å²) in [5.74, 6) is 0.546. The number of rotatable bonds is 9. The molecule has 0 fully saturated rings. The van der Waals surface area contributed by atoms with Gasteiger partial charge in [-0.15, -0.1) is 0 Å². The van der Waals surface area contributed by atoms with Crippen molar-refractivity contribution in [2.75, 3.05) is 30.0 Å². The molecule has 1 aromatic heterocycles. The van der Waals surface area contributed by atoms with Crippen LogP contribution in [-0.4, -0.2) is 39.5 Å². The lowest BCUT2D eigenvalue weighted by molar-refractivity contribution is -0.383. The van der Waals surface area contributed by atoms with Crippen molar-refractivity contribution in [3.05, 3.63) is 16.4 Å². The molecule has 0 radical (unpaired) electrons. The van der Waals surface area contributed by atoms with Crippen molar-refractivity contribution in [3.8, 4) is 0 Å². The van der Waals surface area contributed by atoms with Crippen LogP contribution >= 0.6 is 11.8 Å². The summed E-state index contributed by atoms with van der Waals surface area (Å²) in [6.07, 6.45) is 5.17. The number of nitrogens with zero attached hydrogens (tertiary/aromatic N) is 3. The Balaban J connectivity index is 2.81. The highest BCUT2D eigenvalue weighted by molar-refractivity contribution is 7.99. The molecule has 0 aliphatic heterocycles. The van der Waals surface area contributed by atoms with Crippen LogP contribution in [0.2, 0.25) is 0 Å². The van der Waals surface area contributed by atoms with Crippen molar-refractivity contribution >= 4 is 29.1 Å². The Labute approximate surface area is 123 Å². The van der Waals surface area contributed by atoms with Crippen LogP contribution in [0.3, 0.4) is 0 Å². The molecule has 0 saturated carbocycles. The summed E-state index contributed by atoms with van der Waals surface area (Å²) in [5.41, 5.74) is -0.0854. The summed E-state index contributed by atoms with van der Waals surface area (Å²) in [6.45, 7) is 5.39. The average Bonchev–Trinajstić information content (AvgIpc) is 2.44. The first-order valence-electron chi connectivity index (χ1n) is 6.60. The van der Waals surface area contributed by atoms with Crippen molar-refractivity contribution < 1.29 is 4.92 Å². The molecule has 0 amide bonds. The average molecular weight is 299 g/mol. The summed E-state index contributed by atoms with van der Waals surface area (Å²) >= 11 is 1.77. The van der Waals surface area contributed by atoms with E-state index in [1.54, 1.807) is 11.8 Å². The number of thioether (sulfide) groups is 1. The third kappa shape index (κ3) is 4.84. The zero-order valence-electron chi connectivity index (χ0n) is 12.0. The molecule has 1 unspecified atom stereocenters. The molecule has 0 spiro atoms. The van der Waals surface area contributed by atoms with E-state index in [2.05, 4.69) is 27.5 Å². The molecular formula is C12H21N5O2S. The topological polar surface area (TPSA) is 93.0 Å². The van der Waals surface area contributed by atoms with Gasteiger partial charge >= 0.3 is 5.69 Å². The van der Waals surface area contributed by atoms with Gasteiger partial charge in [0.1, 0.15) is 6.33 Å². The minimum Gasteiger partial charge on any atom is -0.364 e. The molecular weight excluding hydrogens is 278 g/mol. The van der Waals surface area contributed by atoms with Crippen LogP contribution in [0.15, 0.2) is 6.33 Å². The van der Waals surface area contributed by atoms with E-state index in [1.165, 1.54) is 6.33 Å². The van der Waals surface area contributed by atoms with E-state index in [0.717, 1.165) is 12.8 Å². The van der Waals surface area contributed by atoms with Gasteiger partial charge in [0.15, 0.2) is 0 Å². The lowest BCUT2D eigenvalue weighted by Gasteiger charge is -2.11. The molecule has 0 saturated heterocycles. The molecule has 1 rings (SSSR count). The number of nitro groups is 1. The summed E-state index contributed by atoms with van der Waals surface area (Å²) in [5, 5.41) is 17.7. The fraction of sp³-hybridized carbons (Fsp3) is 0.667. The van der Waals surface area contributed by atoms with Crippen molar-refractivity contribution in [1.29, 1.82) is 0 Å². The molecule has 112 valence electrons. The zero-order chi connectivity index (χ0) is 15.0. The highest BCUT2D eigenvalue weighted by Crippen LogP contribution is 2.28. The summed E-state index contributed by atoms with van der Waals surface area (Å²) in [4.78, 5) is 18.7. The van der Waals surface area contributed by atoms with Crippen LogP contribution in [0.4, 0.5) is 17.3 Å². The van der Waals surface area contributed by atoms with Crippen LogP contribution in [0, 0.1) is 10.1 Å². The van der Waals surface area contributed by atoms with Crippen molar-refractivity contribution in [2.45, 2.75) is 31.9 Å². The van der Waals surface area contributed by atoms with E-state index in [0.29, 0.717) is 18.3 Å². The SMILES string of the molecule is CCCNc1ncnc(NCCC(C)SC)c1[N+](=O)[O-]. The molecule has 1 atom stereocenters. The maximum Gasteiger partial charge on any atom is 0.353 e. The Morgan fingerprint density at radius 2 is 1.95 bits per heavy atom. The first-order chi connectivity index (χ1) is 9.60. The fourth-order valence-electron chi connectivity index (χ4n) is 1.57. The summed E-state index contributed by atoms with van der Waals surface area (Å²) in [6, 6.07) is 0. The summed E-state index contributed by atoms with van der Waals surface area (Å²) < 4.78 is 0. The van der Waals surface area contributed by atoms with E-state index in [9.17, 15) is 10.1 Å². The third-order valence-corrected chi connectivity index (χ3v) is 3.83. The maximum atomic E-state index is 11.2. The van der Waals surface area contributed by atoms with Gasteiger partial charge in [0.05, 0.1) is 4.92 Å². The van der Waals surface area contributed by atoms with Gasteiger partial charge in [-0.3, -0.25) is 10.1 Å². The van der Waals surface area contributed by atoms with Crippen LogP contribution in [0.1, 0.15) is 26.7 Å². The molecule has 7 nitrogen and oxygen atoms in total. The number of aromatic nitrogens is 2. The van der Waals surface area contributed by atoms with Gasteiger partial charge in [0.25, 0.3) is 0 Å². The smallest absolute Gasteiger partial charge is 0.353 e. The van der Waals surface area contributed by atoms with E-state index < -0.39 is 4.92 Å². The van der Waals surface area contributed by atoms with Crippen LogP contribution in [-0.2, 0) is 0 Å². The molecule has 0 aromatic carbocycles. The fourth-order valence-corrected chi connectivity index (χ4v) is 1.92. The van der Waals surface area contributed by atoms with Gasteiger partial charge in [-0.1, -0.05) is 13.8 Å². The zero-order valence-corrected chi connectivity index (χ0v) is 12.9. The second-order valence-corrected chi connectivity index (χ2v) is 5.64. The standard InChI is InChI=1S/C12H21N5O2S/c1-4-6-13-11-10(17(18)19)12(16-8-15-11)14-7-5-9(2)20-3/h8-9H,4-7H2,1-3H3,(H2,13,14,15,16). The largest absolute Gasteiger partial charge is 0.364 e.